The maximum Gasteiger partial charge on any atom is 0.220 e. The summed E-state index contributed by atoms with van der Waals surface area (Å²) < 4.78 is 0. The first kappa shape index (κ1) is 24.4. The van der Waals surface area contributed by atoms with E-state index in [1.165, 1.54) is 77.0 Å². The first-order valence-corrected chi connectivity index (χ1v) is 11.2. The van der Waals surface area contributed by atoms with Gasteiger partial charge in [0.1, 0.15) is 0 Å². The first-order chi connectivity index (χ1) is 12.2. The molecule has 0 fully saturated rings. The summed E-state index contributed by atoms with van der Waals surface area (Å²) in [5, 5.41) is 3.10. The minimum Gasteiger partial charge on any atom is -0.354 e. The molecule has 0 heterocycles. The number of hydrogen-bond acceptors (Lipinski definition) is 2. The van der Waals surface area contributed by atoms with Crippen LogP contribution in [-0.4, -0.2) is 18.5 Å². The number of rotatable bonds is 19. The zero-order valence-corrected chi connectivity index (χ0v) is 17.3. The van der Waals surface area contributed by atoms with Crippen molar-refractivity contribution in [3.63, 3.8) is 0 Å². The summed E-state index contributed by atoms with van der Waals surface area (Å²) in [6.45, 7) is 5.12. The molecule has 3 nitrogen and oxygen atoms in total. The third-order valence-corrected chi connectivity index (χ3v) is 5.01. The van der Waals surface area contributed by atoms with Crippen LogP contribution in [0.3, 0.4) is 0 Å². The minimum atomic E-state index is 0.225. The van der Waals surface area contributed by atoms with Crippen molar-refractivity contribution in [2.24, 2.45) is 5.73 Å². The molecule has 3 heteroatoms. The molecular formula is C22H46N2O. The van der Waals surface area contributed by atoms with Crippen molar-refractivity contribution in [2.45, 2.75) is 129 Å². The number of hydrogen-bond donors (Lipinski definition) is 2. The number of carbonyl (C=O) groups excluding carboxylic acids is 1. The predicted octanol–water partition coefficient (Wildman–Crippen LogP) is 6.10. The van der Waals surface area contributed by atoms with E-state index in [2.05, 4.69) is 19.2 Å². The Hall–Kier alpha value is -0.570. The molecule has 1 amide bonds. The maximum atomic E-state index is 11.9. The molecule has 0 aliphatic carbocycles. The Morgan fingerprint density at radius 3 is 1.72 bits per heavy atom. The third-order valence-electron chi connectivity index (χ3n) is 5.01. The second-order valence-corrected chi connectivity index (χ2v) is 7.75. The van der Waals surface area contributed by atoms with Gasteiger partial charge in [0.15, 0.2) is 0 Å². The van der Waals surface area contributed by atoms with E-state index in [9.17, 15) is 4.79 Å². The van der Waals surface area contributed by atoms with Crippen LogP contribution < -0.4 is 11.1 Å². The number of amides is 1. The van der Waals surface area contributed by atoms with Gasteiger partial charge in [-0.25, -0.2) is 0 Å². The van der Waals surface area contributed by atoms with Crippen molar-refractivity contribution in [1.82, 2.24) is 5.32 Å². The lowest BCUT2D eigenvalue weighted by Crippen LogP contribution is -2.32. The third kappa shape index (κ3) is 19.6. The molecule has 0 rings (SSSR count). The maximum absolute atomic E-state index is 11.9. The Morgan fingerprint density at radius 1 is 0.760 bits per heavy atom. The second-order valence-electron chi connectivity index (χ2n) is 7.75. The largest absolute Gasteiger partial charge is 0.354 e. The second kappa shape index (κ2) is 19.8. The molecule has 3 N–H and O–H groups in total. The number of nitrogens with two attached hydrogens (primary N) is 1. The van der Waals surface area contributed by atoms with Crippen molar-refractivity contribution in [3.8, 4) is 0 Å². The molecule has 0 bridgehead atoms. The van der Waals surface area contributed by atoms with Gasteiger partial charge >= 0.3 is 0 Å². The Bertz CT molecular complexity index is 281. The summed E-state index contributed by atoms with van der Waals surface area (Å²) >= 11 is 0. The smallest absolute Gasteiger partial charge is 0.220 e. The lowest BCUT2D eigenvalue weighted by molar-refractivity contribution is -0.121. The van der Waals surface area contributed by atoms with Crippen molar-refractivity contribution >= 4 is 5.91 Å². The summed E-state index contributed by atoms with van der Waals surface area (Å²) in [7, 11) is 0. The van der Waals surface area contributed by atoms with Gasteiger partial charge in [0.05, 0.1) is 0 Å². The van der Waals surface area contributed by atoms with Gasteiger partial charge < -0.3 is 11.1 Å². The first-order valence-electron chi connectivity index (χ1n) is 11.2. The average molecular weight is 355 g/mol. The van der Waals surface area contributed by atoms with E-state index in [0.29, 0.717) is 12.5 Å². The summed E-state index contributed by atoms with van der Waals surface area (Å²) in [6, 6.07) is 0.293. The standard InChI is InChI=1S/C22H46N2O/c1-3-4-5-6-7-8-9-10-11-12-13-14-15-19-22(25)24-21(2)18-16-17-20-23/h21H,3-20,23H2,1-2H3,(H,24,25)/t21-/m1/s1. The van der Waals surface area contributed by atoms with E-state index in [1.54, 1.807) is 0 Å². The SMILES string of the molecule is CCCCCCCCCCCCCCCC(=O)N[C@H](C)CCCCN. The van der Waals surface area contributed by atoms with Gasteiger partial charge in [-0.05, 0) is 32.7 Å². The Labute approximate surface area is 157 Å². The van der Waals surface area contributed by atoms with E-state index in [1.807, 2.05) is 0 Å². The highest BCUT2D eigenvalue weighted by atomic mass is 16.1. The van der Waals surface area contributed by atoms with Crippen LogP contribution in [0.25, 0.3) is 0 Å². The van der Waals surface area contributed by atoms with Crippen LogP contribution in [0.4, 0.5) is 0 Å². The van der Waals surface area contributed by atoms with Crippen LogP contribution in [-0.2, 0) is 4.79 Å². The zero-order valence-electron chi connectivity index (χ0n) is 17.3. The normalized spacial score (nSPS) is 12.3. The molecule has 0 spiro atoms. The lowest BCUT2D eigenvalue weighted by atomic mass is 10.0. The molecule has 0 aliphatic heterocycles. The molecule has 1 atom stereocenters. The summed E-state index contributed by atoms with van der Waals surface area (Å²) in [5.41, 5.74) is 5.49. The fraction of sp³-hybridized carbons (Fsp3) is 0.955. The van der Waals surface area contributed by atoms with Gasteiger partial charge in [-0.15, -0.1) is 0 Å². The van der Waals surface area contributed by atoms with Crippen molar-refractivity contribution in [2.75, 3.05) is 6.54 Å². The van der Waals surface area contributed by atoms with Crippen LogP contribution in [0, 0.1) is 0 Å². The molecule has 0 saturated heterocycles. The highest BCUT2D eigenvalue weighted by molar-refractivity contribution is 5.76. The number of carbonyl (C=O) groups is 1. The molecule has 0 unspecified atom stereocenters. The predicted molar refractivity (Wildman–Crippen MR) is 111 cm³/mol. The molecule has 0 saturated carbocycles. The molecule has 0 aromatic carbocycles. The van der Waals surface area contributed by atoms with Crippen LogP contribution in [0.1, 0.15) is 123 Å². The number of unbranched alkanes of at least 4 members (excludes halogenated alkanes) is 13. The molecule has 0 radical (unpaired) electrons. The van der Waals surface area contributed by atoms with Crippen LogP contribution in [0.5, 0.6) is 0 Å². The van der Waals surface area contributed by atoms with Crippen molar-refractivity contribution in [1.29, 1.82) is 0 Å². The minimum absolute atomic E-state index is 0.225. The fourth-order valence-electron chi connectivity index (χ4n) is 3.32. The average Bonchev–Trinajstić information content (AvgIpc) is 2.59. The quantitative estimate of drug-likeness (QED) is 0.275. The topological polar surface area (TPSA) is 55.1 Å². The molecule has 25 heavy (non-hydrogen) atoms. The molecule has 150 valence electrons. The summed E-state index contributed by atoms with van der Waals surface area (Å²) in [5.74, 6) is 0.225. The van der Waals surface area contributed by atoms with Crippen LogP contribution >= 0.6 is 0 Å². The van der Waals surface area contributed by atoms with E-state index in [-0.39, 0.29) is 5.91 Å². The number of nitrogens with one attached hydrogen (secondary N) is 1. The summed E-state index contributed by atoms with van der Waals surface area (Å²) in [6.07, 6.45) is 21.4. The Balaban J connectivity index is 3.23. The van der Waals surface area contributed by atoms with Crippen LogP contribution in [0.2, 0.25) is 0 Å². The summed E-state index contributed by atoms with van der Waals surface area (Å²) in [4.78, 5) is 11.9. The van der Waals surface area contributed by atoms with Crippen LogP contribution in [0.15, 0.2) is 0 Å². The molecule has 0 aliphatic rings. The van der Waals surface area contributed by atoms with Gasteiger partial charge in [0.2, 0.25) is 5.91 Å². The van der Waals surface area contributed by atoms with Crippen molar-refractivity contribution < 1.29 is 4.79 Å². The van der Waals surface area contributed by atoms with Gasteiger partial charge in [-0.2, -0.15) is 0 Å². The zero-order chi connectivity index (χ0) is 18.6. The van der Waals surface area contributed by atoms with E-state index >= 15 is 0 Å². The van der Waals surface area contributed by atoms with Crippen molar-refractivity contribution in [3.05, 3.63) is 0 Å². The van der Waals surface area contributed by atoms with E-state index in [4.69, 9.17) is 5.73 Å². The molecule has 0 aromatic rings. The van der Waals surface area contributed by atoms with Gasteiger partial charge in [-0.1, -0.05) is 90.4 Å². The Morgan fingerprint density at radius 2 is 1.24 bits per heavy atom. The van der Waals surface area contributed by atoms with E-state index in [0.717, 1.165) is 32.2 Å². The van der Waals surface area contributed by atoms with Gasteiger partial charge in [0, 0.05) is 12.5 Å². The molecular weight excluding hydrogens is 308 g/mol. The highest BCUT2D eigenvalue weighted by Gasteiger charge is 2.06. The highest BCUT2D eigenvalue weighted by Crippen LogP contribution is 2.13. The fourth-order valence-corrected chi connectivity index (χ4v) is 3.32. The Kier molecular flexibility index (Phi) is 19.3. The molecule has 0 aromatic heterocycles. The van der Waals surface area contributed by atoms with E-state index < -0.39 is 0 Å². The monoisotopic (exact) mass is 354 g/mol. The van der Waals surface area contributed by atoms with Gasteiger partial charge in [0.25, 0.3) is 0 Å². The lowest BCUT2D eigenvalue weighted by Gasteiger charge is -2.13. The van der Waals surface area contributed by atoms with Gasteiger partial charge in [-0.3, -0.25) is 4.79 Å².